The fourth-order valence-electron chi connectivity index (χ4n) is 4.38. The molecule has 1 fully saturated rings. The van der Waals surface area contributed by atoms with Gasteiger partial charge in [0.1, 0.15) is 11.4 Å². The number of aromatic nitrogens is 2. The van der Waals surface area contributed by atoms with Crippen LogP contribution < -0.4 is 0 Å². The third kappa shape index (κ3) is 2.78. The summed E-state index contributed by atoms with van der Waals surface area (Å²) in [5.41, 5.74) is 3.41. The molecule has 1 N–H and O–H groups in total. The van der Waals surface area contributed by atoms with Gasteiger partial charge in [0, 0.05) is 29.1 Å². The van der Waals surface area contributed by atoms with Crippen molar-refractivity contribution in [2.75, 3.05) is 0 Å². The molecule has 138 valence electrons. The summed E-state index contributed by atoms with van der Waals surface area (Å²) in [5, 5.41) is 6.97. The number of carbonyl (C=O) groups is 1. The van der Waals surface area contributed by atoms with Crippen LogP contribution in [0.3, 0.4) is 0 Å². The Hall–Kier alpha value is -1.08. The number of alkyl halides is 2. The highest BCUT2D eigenvalue weighted by atomic mass is 79.9. The molecule has 4 aliphatic rings. The molecule has 2 heterocycles. The molecule has 1 aliphatic heterocycles. The molecule has 1 aromatic rings. The van der Waals surface area contributed by atoms with Gasteiger partial charge in [0.25, 0.3) is 0 Å². The predicted molar refractivity (Wildman–Crippen MR) is 104 cm³/mol. The number of hydrogen-bond acceptors (Lipinski definition) is 3. The average Bonchev–Trinajstić information content (AvgIpc) is 3.24. The van der Waals surface area contributed by atoms with E-state index >= 15 is 0 Å². The van der Waals surface area contributed by atoms with Crippen LogP contribution in [0.15, 0.2) is 28.8 Å². The predicted octanol–water partition coefficient (Wildman–Crippen LogP) is 3.69. The van der Waals surface area contributed by atoms with Gasteiger partial charge in [0.15, 0.2) is 0 Å². The van der Waals surface area contributed by atoms with Gasteiger partial charge >= 0.3 is 0 Å². The second-order valence-corrected chi connectivity index (χ2v) is 9.78. The van der Waals surface area contributed by atoms with E-state index in [2.05, 4.69) is 31.0 Å². The molecule has 1 amide bonds. The third-order valence-corrected chi connectivity index (χ3v) is 8.69. The summed E-state index contributed by atoms with van der Waals surface area (Å²) in [7, 11) is 0. The van der Waals surface area contributed by atoms with Crippen molar-refractivity contribution in [3.8, 4) is 0 Å². The number of aryl methyl sites for hydroxylation is 1. The number of nitrogens with zero attached hydrogens (tertiary/aromatic N) is 2. The Bertz CT molecular complexity index is 802. The van der Waals surface area contributed by atoms with Gasteiger partial charge in [-0.05, 0) is 43.2 Å². The number of hydrogen-bond donors (Lipinski definition) is 1. The monoisotopic (exact) mass is 437 g/mol. The first-order chi connectivity index (χ1) is 12.6. The minimum Gasteiger partial charge on any atom is -0.335 e. The first-order valence-electron chi connectivity index (χ1n) is 9.32. The van der Waals surface area contributed by atoms with Crippen LogP contribution in [0, 0.1) is 0 Å². The number of thioether (sulfide) groups is 1. The molecule has 0 spiro atoms. The van der Waals surface area contributed by atoms with E-state index in [1.807, 2.05) is 18.3 Å². The summed E-state index contributed by atoms with van der Waals surface area (Å²) in [5.74, 6) is 0.173. The van der Waals surface area contributed by atoms with Gasteiger partial charge in [-0.3, -0.25) is 9.89 Å². The molecule has 0 saturated heterocycles. The van der Waals surface area contributed by atoms with Crippen molar-refractivity contribution in [2.45, 2.75) is 66.9 Å². The highest BCUT2D eigenvalue weighted by Gasteiger charge is 2.47. The van der Waals surface area contributed by atoms with E-state index in [1.54, 1.807) is 0 Å². The minimum atomic E-state index is -0.963. The zero-order valence-electron chi connectivity index (χ0n) is 14.3. The second-order valence-electron chi connectivity index (χ2n) is 7.61. The molecular formula is C19H21BrFN3OS. The highest BCUT2D eigenvalue weighted by Crippen LogP contribution is 2.49. The number of allylic oxidation sites excluding steroid dienone is 4. The van der Waals surface area contributed by atoms with E-state index in [4.69, 9.17) is 0 Å². The fraction of sp³-hybridized carbons (Fsp3) is 0.579. The zero-order valence-corrected chi connectivity index (χ0v) is 16.7. The summed E-state index contributed by atoms with van der Waals surface area (Å²) in [6.07, 6.45) is 10.2. The molecule has 5 rings (SSSR count). The second kappa shape index (κ2) is 6.51. The van der Waals surface area contributed by atoms with Crippen molar-refractivity contribution in [3.63, 3.8) is 0 Å². The van der Waals surface area contributed by atoms with Gasteiger partial charge in [-0.25, -0.2) is 4.39 Å². The quantitative estimate of drug-likeness (QED) is 0.733. The molecule has 0 bridgehead atoms. The molecule has 4 atom stereocenters. The number of H-pyrrole nitrogens is 1. The zero-order chi connectivity index (χ0) is 17.8. The summed E-state index contributed by atoms with van der Waals surface area (Å²) in [6.45, 7) is 0. The van der Waals surface area contributed by atoms with Crippen LogP contribution in [0.25, 0.3) is 0 Å². The normalized spacial score (nSPS) is 33.2. The lowest BCUT2D eigenvalue weighted by atomic mass is 9.91. The molecule has 3 aliphatic carbocycles. The number of amides is 1. The maximum atomic E-state index is 14.3. The first-order valence-corrected chi connectivity index (χ1v) is 11.1. The molecule has 7 heteroatoms. The van der Waals surface area contributed by atoms with Crippen LogP contribution in [0.1, 0.15) is 36.9 Å². The lowest BCUT2D eigenvalue weighted by molar-refractivity contribution is -0.133. The SMILES string of the molecule is O=C(C1SC2=C(C=CCC2F)C1Br)N(C1CC1)C1CCc2[nH]ncc2C1. The van der Waals surface area contributed by atoms with Crippen molar-refractivity contribution in [3.05, 3.63) is 40.1 Å². The van der Waals surface area contributed by atoms with Crippen LogP contribution in [0.5, 0.6) is 0 Å². The molecule has 4 nitrogen and oxygen atoms in total. The summed E-state index contributed by atoms with van der Waals surface area (Å²) in [4.78, 5) is 16.3. The van der Waals surface area contributed by atoms with Crippen LogP contribution in [0.4, 0.5) is 4.39 Å². The number of carbonyl (C=O) groups excluding carboxylic acids is 1. The van der Waals surface area contributed by atoms with E-state index in [9.17, 15) is 9.18 Å². The fourth-order valence-corrected chi connectivity index (χ4v) is 6.82. The summed E-state index contributed by atoms with van der Waals surface area (Å²) >= 11 is 5.14. The maximum absolute atomic E-state index is 14.3. The number of rotatable bonds is 3. The van der Waals surface area contributed by atoms with Crippen LogP contribution in [-0.2, 0) is 17.6 Å². The molecule has 1 saturated carbocycles. The number of fused-ring (bicyclic) bond motifs is 1. The van der Waals surface area contributed by atoms with Crippen LogP contribution >= 0.6 is 27.7 Å². The first kappa shape index (κ1) is 17.0. The Kier molecular flexibility index (Phi) is 4.27. The van der Waals surface area contributed by atoms with Gasteiger partial charge in [0.05, 0.1) is 11.0 Å². The van der Waals surface area contributed by atoms with E-state index in [-0.39, 0.29) is 22.0 Å². The Morgan fingerprint density at radius 2 is 2.19 bits per heavy atom. The number of aromatic amines is 1. The van der Waals surface area contributed by atoms with Crippen LogP contribution in [0.2, 0.25) is 0 Å². The molecule has 4 unspecified atom stereocenters. The maximum Gasteiger partial charge on any atom is 0.238 e. The largest absolute Gasteiger partial charge is 0.335 e. The Labute approximate surface area is 164 Å². The van der Waals surface area contributed by atoms with Gasteiger partial charge in [-0.2, -0.15) is 5.10 Å². The summed E-state index contributed by atoms with van der Waals surface area (Å²) in [6, 6.07) is 0.588. The van der Waals surface area contributed by atoms with Gasteiger partial charge in [-0.1, -0.05) is 28.1 Å². The lowest BCUT2D eigenvalue weighted by Gasteiger charge is -2.36. The number of halogens is 2. The highest BCUT2D eigenvalue weighted by molar-refractivity contribution is 9.09. The van der Waals surface area contributed by atoms with Crippen LogP contribution in [-0.4, -0.2) is 49.3 Å². The molecule has 1 aromatic heterocycles. The van der Waals surface area contributed by atoms with Gasteiger partial charge in [-0.15, -0.1) is 11.8 Å². The van der Waals surface area contributed by atoms with Crippen molar-refractivity contribution in [1.29, 1.82) is 0 Å². The van der Waals surface area contributed by atoms with Crippen molar-refractivity contribution in [2.24, 2.45) is 0 Å². The van der Waals surface area contributed by atoms with Gasteiger partial charge < -0.3 is 4.90 Å². The summed E-state index contributed by atoms with van der Waals surface area (Å²) < 4.78 is 14.3. The molecular weight excluding hydrogens is 417 g/mol. The third-order valence-electron chi connectivity index (χ3n) is 5.85. The number of nitrogens with one attached hydrogen (secondary N) is 1. The van der Waals surface area contributed by atoms with E-state index in [0.29, 0.717) is 12.5 Å². The van der Waals surface area contributed by atoms with Gasteiger partial charge in [0.2, 0.25) is 5.91 Å². The van der Waals surface area contributed by atoms with E-state index in [1.165, 1.54) is 23.0 Å². The van der Waals surface area contributed by atoms with Crippen molar-refractivity contribution in [1.82, 2.24) is 15.1 Å². The average molecular weight is 438 g/mol. The van der Waals surface area contributed by atoms with E-state index < -0.39 is 6.17 Å². The smallest absolute Gasteiger partial charge is 0.238 e. The topological polar surface area (TPSA) is 49.0 Å². The molecule has 0 radical (unpaired) electrons. The Morgan fingerprint density at radius 1 is 1.35 bits per heavy atom. The van der Waals surface area contributed by atoms with E-state index in [0.717, 1.165) is 42.6 Å². The lowest BCUT2D eigenvalue weighted by Crippen LogP contribution is -2.49. The Morgan fingerprint density at radius 3 is 2.96 bits per heavy atom. The Balaban J connectivity index is 1.38. The van der Waals surface area contributed by atoms with Crippen molar-refractivity contribution >= 4 is 33.6 Å². The standard InChI is InChI=1S/C19H21BrFN3OS/c20-16-13-2-1-3-14(21)17(13)26-18(16)19(25)24(11-4-5-11)12-6-7-15-10(8-12)9-22-23-15/h1-2,9,11-12,14,16,18H,3-8H2,(H,22,23). The van der Waals surface area contributed by atoms with Crippen molar-refractivity contribution < 1.29 is 9.18 Å². The molecule has 0 aromatic carbocycles. The minimum absolute atomic E-state index is 0.0980. The molecule has 26 heavy (non-hydrogen) atoms.